The van der Waals surface area contributed by atoms with Gasteiger partial charge in [0.05, 0.1) is 35.5 Å². The van der Waals surface area contributed by atoms with Crippen molar-refractivity contribution < 1.29 is 32.7 Å². The highest BCUT2D eigenvalue weighted by molar-refractivity contribution is 7.98. The Morgan fingerprint density at radius 3 is 2.44 bits per heavy atom. The third kappa shape index (κ3) is 9.02. The maximum atomic E-state index is 13.9. The monoisotopic (exact) mass is 727 g/mol. The van der Waals surface area contributed by atoms with Gasteiger partial charge in [-0.1, -0.05) is 49.4 Å². The van der Waals surface area contributed by atoms with Gasteiger partial charge in [0.15, 0.2) is 0 Å². The Morgan fingerprint density at radius 1 is 0.885 bits per heavy atom. The number of aliphatic carboxylic acids is 1. The number of carboxylic acids is 1. The predicted octanol–water partition coefficient (Wildman–Crippen LogP) is 7.84. The van der Waals surface area contributed by atoms with Crippen molar-refractivity contribution in [2.24, 2.45) is 11.0 Å². The van der Waals surface area contributed by atoms with E-state index in [1.807, 2.05) is 43.3 Å². The molecule has 268 valence electrons. The number of anilines is 3. The summed E-state index contributed by atoms with van der Waals surface area (Å²) in [6, 6.07) is 24.6. The fourth-order valence-electron chi connectivity index (χ4n) is 5.94. The third-order valence-electron chi connectivity index (χ3n) is 8.62. The van der Waals surface area contributed by atoms with Crippen molar-refractivity contribution in [2.45, 2.75) is 36.6 Å². The number of nitrogens with one attached hydrogen (secondary N) is 2. The minimum atomic E-state index is -4.50. The van der Waals surface area contributed by atoms with E-state index in [-0.39, 0.29) is 35.8 Å². The fourth-order valence-corrected chi connectivity index (χ4v) is 6.86. The van der Waals surface area contributed by atoms with Crippen LogP contribution in [0.1, 0.15) is 50.8 Å². The number of hydrazone groups is 1. The Balaban J connectivity index is 1.20. The molecule has 9 nitrogen and oxygen atoms in total. The molecule has 2 aliphatic heterocycles. The molecule has 0 aliphatic carbocycles. The van der Waals surface area contributed by atoms with Crippen LogP contribution in [-0.2, 0) is 23.1 Å². The van der Waals surface area contributed by atoms with Crippen LogP contribution in [0.5, 0.6) is 0 Å². The van der Waals surface area contributed by atoms with Gasteiger partial charge in [-0.3, -0.25) is 19.4 Å². The summed E-state index contributed by atoms with van der Waals surface area (Å²) >= 11 is 1.52. The molecule has 4 aromatic rings. The summed E-state index contributed by atoms with van der Waals surface area (Å²) in [6.07, 6.45) is 0.426. The van der Waals surface area contributed by atoms with Crippen LogP contribution in [0.15, 0.2) is 113 Å². The Labute approximate surface area is 303 Å². The van der Waals surface area contributed by atoms with Gasteiger partial charge >= 0.3 is 12.1 Å². The van der Waals surface area contributed by atoms with E-state index in [9.17, 15) is 27.6 Å². The van der Waals surface area contributed by atoms with Crippen LogP contribution < -0.4 is 20.5 Å². The lowest BCUT2D eigenvalue weighted by molar-refractivity contribution is -0.138. The van der Waals surface area contributed by atoms with Crippen molar-refractivity contribution in [2.75, 3.05) is 34.9 Å². The van der Waals surface area contributed by atoms with Gasteiger partial charge in [0, 0.05) is 40.9 Å². The summed E-state index contributed by atoms with van der Waals surface area (Å²) in [5, 5.41) is 20.8. The molecule has 0 spiro atoms. The predicted molar refractivity (Wildman–Crippen MR) is 197 cm³/mol. The van der Waals surface area contributed by atoms with E-state index < -0.39 is 29.5 Å². The largest absolute Gasteiger partial charge is 0.481 e. The lowest BCUT2D eigenvalue weighted by atomic mass is 10.1. The maximum absolute atomic E-state index is 13.9. The number of carbonyl (C=O) groups excluding carboxylic acids is 2. The van der Waals surface area contributed by atoms with Gasteiger partial charge in [0.1, 0.15) is 5.84 Å². The van der Waals surface area contributed by atoms with Gasteiger partial charge in [0.25, 0.3) is 11.8 Å². The lowest BCUT2D eigenvalue weighted by Crippen LogP contribution is -2.34. The van der Waals surface area contributed by atoms with Gasteiger partial charge in [-0.15, -0.1) is 11.8 Å². The molecule has 0 bridgehead atoms. The standard InChI is InChI=1S/C39H36F3N5O4S/c1-25-23-47(31-12-7-11-29(21-31)39(40,41)42)45-36(25)44-38(51)33-22-30(46-16-3-2-4-17-46)14-15-34(33)43-37(50)28-10-5-9-27(18-28)24-52-32-13-6-8-26(19-32)20-35(48)49/h2-3,5-15,18-19,21-22,25H,4,16-17,20,23-24H2,1H3,(H,43,50)(H,48,49)(H,44,45,51). The number of nitrogens with zero attached hydrogens (tertiary/aromatic N) is 3. The number of carboxylic acid groups (broad SMARTS) is 1. The van der Waals surface area contributed by atoms with E-state index in [2.05, 4.69) is 26.7 Å². The Morgan fingerprint density at radius 2 is 1.67 bits per heavy atom. The zero-order valence-corrected chi connectivity index (χ0v) is 29.0. The second-order valence-corrected chi connectivity index (χ2v) is 13.6. The average Bonchev–Trinajstić information content (AvgIpc) is 3.50. The van der Waals surface area contributed by atoms with Crippen molar-refractivity contribution in [1.29, 1.82) is 0 Å². The SMILES string of the molecule is CC1CN(c2cccc(C(F)(F)F)c2)N=C1NC(=O)c1cc(N2CC=CCC2)ccc1NC(=O)c1cccc(CSc2cccc(CC(=O)O)c2)c1. The normalized spacial score (nSPS) is 15.7. The van der Waals surface area contributed by atoms with Gasteiger partial charge < -0.3 is 20.6 Å². The molecule has 6 rings (SSSR count). The average molecular weight is 728 g/mol. The lowest BCUT2D eigenvalue weighted by Gasteiger charge is -2.26. The Bertz CT molecular complexity index is 2050. The van der Waals surface area contributed by atoms with Crippen LogP contribution in [0.4, 0.5) is 30.2 Å². The molecule has 1 unspecified atom stereocenters. The van der Waals surface area contributed by atoms with E-state index in [1.54, 1.807) is 36.4 Å². The first-order valence-electron chi connectivity index (χ1n) is 16.7. The molecule has 3 N–H and O–H groups in total. The number of amidine groups is 1. The van der Waals surface area contributed by atoms with Gasteiger partial charge in [0.2, 0.25) is 0 Å². The minimum Gasteiger partial charge on any atom is -0.481 e. The van der Waals surface area contributed by atoms with Crippen molar-refractivity contribution in [3.8, 4) is 0 Å². The minimum absolute atomic E-state index is 0.0640. The molecule has 52 heavy (non-hydrogen) atoms. The number of hydrogen-bond donors (Lipinski definition) is 3. The molecule has 0 saturated heterocycles. The molecule has 0 fully saturated rings. The van der Waals surface area contributed by atoms with E-state index >= 15 is 0 Å². The van der Waals surface area contributed by atoms with Crippen molar-refractivity contribution >= 4 is 52.4 Å². The Hall–Kier alpha value is -5.56. The number of rotatable bonds is 10. The van der Waals surface area contributed by atoms with E-state index in [1.165, 1.54) is 28.9 Å². The molecule has 13 heteroatoms. The molecule has 2 aliphatic rings. The quantitative estimate of drug-likeness (QED) is 0.113. The highest BCUT2D eigenvalue weighted by Gasteiger charge is 2.32. The summed E-state index contributed by atoms with van der Waals surface area (Å²) in [5.41, 5.74) is 2.73. The number of benzene rings is 4. The zero-order chi connectivity index (χ0) is 36.8. The molecule has 1 atom stereocenters. The third-order valence-corrected chi connectivity index (χ3v) is 9.69. The highest BCUT2D eigenvalue weighted by atomic mass is 32.2. The molecule has 2 heterocycles. The molecule has 0 aromatic heterocycles. The fraction of sp³-hybridized carbons (Fsp3) is 0.231. The van der Waals surface area contributed by atoms with Crippen LogP contribution in [-0.4, -0.2) is 48.4 Å². The van der Waals surface area contributed by atoms with Crippen molar-refractivity contribution in [3.05, 3.63) is 131 Å². The van der Waals surface area contributed by atoms with Crippen LogP contribution >= 0.6 is 11.8 Å². The molecule has 0 radical (unpaired) electrons. The maximum Gasteiger partial charge on any atom is 0.416 e. The summed E-state index contributed by atoms with van der Waals surface area (Å²) in [4.78, 5) is 41.7. The molecule has 2 amide bonds. The first kappa shape index (κ1) is 36.2. The highest BCUT2D eigenvalue weighted by Crippen LogP contribution is 2.33. The number of amides is 2. The number of carbonyl (C=O) groups is 3. The molecular weight excluding hydrogens is 692 g/mol. The second-order valence-electron chi connectivity index (χ2n) is 12.6. The van der Waals surface area contributed by atoms with Crippen molar-refractivity contribution in [1.82, 2.24) is 5.32 Å². The van der Waals surface area contributed by atoms with E-state index in [0.717, 1.165) is 41.2 Å². The molecule has 4 aromatic carbocycles. The first-order chi connectivity index (χ1) is 24.9. The second kappa shape index (κ2) is 15.8. The number of alkyl halides is 3. The Kier molecular flexibility index (Phi) is 11.0. The summed E-state index contributed by atoms with van der Waals surface area (Å²) in [7, 11) is 0. The van der Waals surface area contributed by atoms with Gasteiger partial charge in [-0.05, 0) is 78.2 Å². The topological polar surface area (TPSA) is 114 Å². The number of hydrogen-bond acceptors (Lipinski definition) is 7. The number of halogens is 3. The van der Waals surface area contributed by atoms with Gasteiger partial charge in [-0.25, -0.2) is 0 Å². The number of thioether (sulfide) groups is 1. The van der Waals surface area contributed by atoms with Crippen LogP contribution in [0.3, 0.4) is 0 Å². The first-order valence-corrected chi connectivity index (χ1v) is 17.6. The van der Waals surface area contributed by atoms with Gasteiger partial charge in [-0.2, -0.15) is 18.3 Å². The van der Waals surface area contributed by atoms with Crippen LogP contribution in [0.2, 0.25) is 0 Å². The van der Waals surface area contributed by atoms with Crippen LogP contribution in [0.25, 0.3) is 0 Å². The smallest absolute Gasteiger partial charge is 0.416 e. The summed E-state index contributed by atoms with van der Waals surface area (Å²) in [6.45, 7) is 3.51. The van der Waals surface area contributed by atoms with Crippen molar-refractivity contribution in [3.63, 3.8) is 0 Å². The van der Waals surface area contributed by atoms with Crippen LogP contribution in [0, 0.1) is 5.92 Å². The molecular formula is C39H36F3N5O4S. The zero-order valence-electron chi connectivity index (χ0n) is 28.2. The summed E-state index contributed by atoms with van der Waals surface area (Å²) < 4.78 is 40.1. The summed E-state index contributed by atoms with van der Waals surface area (Å²) in [5.74, 6) is -1.29. The molecule has 0 saturated carbocycles. The van der Waals surface area contributed by atoms with E-state index in [4.69, 9.17) is 5.11 Å². The van der Waals surface area contributed by atoms with E-state index in [0.29, 0.717) is 29.3 Å².